The third-order valence-electron chi connectivity index (χ3n) is 5.48. The second-order valence-electron chi connectivity index (χ2n) is 7.19. The van der Waals surface area contributed by atoms with Crippen molar-refractivity contribution in [1.29, 1.82) is 0 Å². The van der Waals surface area contributed by atoms with Crippen molar-refractivity contribution >= 4 is 17.5 Å². The van der Waals surface area contributed by atoms with Gasteiger partial charge in [0.2, 0.25) is 11.8 Å². The summed E-state index contributed by atoms with van der Waals surface area (Å²) in [5.74, 6) is 0.225. The maximum Gasteiger partial charge on any atom is 0.227 e. The van der Waals surface area contributed by atoms with Gasteiger partial charge in [-0.2, -0.15) is 0 Å². The molecule has 0 spiro atoms. The largest absolute Gasteiger partial charge is 0.381 e. The Hall–Kier alpha value is -1.88. The number of benzene rings is 1. The van der Waals surface area contributed by atoms with Gasteiger partial charge in [-0.15, -0.1) is 0 Å². The van der Waals surface area contributed by atoms with Crippen LogP contribution >= 0.6 is 0 Å². The summed E-state index contributed by atoms with van der Waals surface area (Å²) in [6.45, 7) is 2.66. The van der Waals surface area contributed by atoms with Crippen molar-refractivity contribution in [3.8, 4) is 0 Å². The first-order valence-corrected chi connectivity index (χ1v) is 8.98. The standard InChI is InChI=1S/C19H24N2O3/c22-18-9-16(19(23)20-10-13-6-7-24-12-13)11-21(18)17-5-4-14-2-1-3-15(14)8-17/h4-5,8,13,16H,1-3,6-7,9-12H2,(H,20,23). The lowest BCUT2D eigenvalue weighted by Gasteiger charge is -2.18. The molecule has 1 aromatic rings. The van der Waals surface area contributed by atoms with E-state index >= 15 is 0 Å². The molecule has 1 N–H and O–H groups in total. The number of nitrogens with zero attached hydrogens (tertiary/aromatic N) is 1. The summed E-state index contributed by atoms with van der Waals surface area (Å²) in [6.07, 6.45) is 4.75. The Labute approximate surface area is 142 Å². The topological polar surface area (TPSA) is 58.6 Å². The van der Waals surface area contributed by atoms with Gasteiger partial charge in [0.15, 0.2) is 0 Å². The van der Waals surface area contributed by atoms with Gasteiger partial charge in [-0.1, -0.05) is 6.07 Å². The zero-order chi connectivity index (χ0) is 16.5. The van der Waals surface area contributed by atoms with Crippen molar-refractivity contribution in [3.05, 3.63) is 29.3 Å². The normalized spacial score (nSPS) is 26.0. The Bertz CT molecular complexity index is 652. The molecule has 2 unspecified atom stereocenters. The third-order valence-corrected chi connectivity index (χ3v) is 5.48. The molecule has 2 aliphatic heterocycles. The van der Waals surface area contributed by atoms with Gasteiger partial charge in [0, 0.05) is 37.7 Å². The zero-order valence-electron chi connectivity index (χ0n) is 13.9. The second kappa shape index (κ2) is 6.55. The first-order valence-electron chi connectivity index (χ1n) is 8.98. The number of rotatable bonds is 4. The highest BCUT2D eigenvalue weighted by molar-refractivity contribution is 6.00. The summed E-state index contributed by atoms with van der Waals surface area (Å²) in [6, 6.07) is 6.30. The van der Waals surface area contributed by atoms with Gasteiger partial charge in [-0.3, -0.25) is 9.59 Å². The number of aryl methyl sites for hydroxylation is 2. The summed E-state index contributed by atoms with van der Waals surface area (Å²) < 4.78 is 5.33. The van der Waals surface area contributed by atoms with E-state index in [1.807, 2.05) is 6.07 Å². The summed E-state index contributed by atoms with van der Waals surface area (Å²) in [5, 5.41) is 3.00. The maximum absolute atomic E-state index is 12.4. The predicted octanol–water partition coefficient (Wildman–Crippen LogP) is 1.68. The average Bonchev–Trinajstić information content (AvgIpc) is 3.32. The quantitative estimate of drug-likeness (QED) is 0.915. The number of carbonyl (C=O) groups excluding carboxylic acids is 2. The second-order valence-corrected chi connectivity index (χ2v) is 7.19. The fourth-order valence-corrected chi connectivity index (χ4v) is 3.99. The average molecular weight is 328 g/mol. The van der Waals surface area contributed by atoms with Crippen LogP contribution in [-0.4, -0.2) is 38.1 Å². The van der Waals surface area contributed by atoms with E-state index < -0.39 is 0 Å². The van der Waals surface area contributed by atoms with Crippen molar-refractivity contribution in [2.24, 2.45) is 11.8 Å². The van der Waals surface area contributed by atoms with Gasteiger partial charge < -0.3 is 15.0 Å². The molecule has 0 saturated carbocycles. The fraction of sp³-hybridized carbons (Fsp3) is 0.579. The van der Waals surface area contributed by atoms with Gasteiger partial charge in [0.1, 0.15) is 0 Å². The molecule has 5 nitrogen and oxygen atoms in total. The molecular formula is C19H24N2O3. The predicted molar refractivity (Wildman–Crippen MR) is 90.9 cm³/mol. The Balaban J connectivity index is 1.38. The van der Waals surface area contributed by atoms with Gasteiger partial charge in [-0.05, 0) is 48.9 Å². The van der Waals surface area contributed by atoms with Crippen molar-refractivity contribution in [2.45, 2.75) is 32.1 Å². The molecule has 2 saturated heterocycles. The van der Waals surface area contributed by atoms with E-state index in [-0.39, 0.29) is 17.7 Å². The number of carbonyl (C=O) groups is 2. The van der Waals surface area contributed by atoms with Crippen LogP contribution in [0.5, 0.6) is 0 Å². The summed E-state index contributed by atoms with van der Waals surface area (Å²) in [7, 11) is 0. The van der Waals surface area contributed by atoms with E-state index in [0.717, 1.165) is 38.2 Å². The van der Waals surface area contributed by atoms with E-state index in [1.165, 1.54) is 17.5 Å². The number of ether oxygens (including phenoxy) is 1. The molecule has 1 aromatic carbocycles. The molecule has 2 amide bonds. The van der Waals surface area contributed by atoms with Crippen LogP contribution in [0.2, 0.25) is 0 Å². The van der Waals surface area contributed by atoms with Crippen molar-refractivity contribution in [3.63, 3.8) is 0 Å². The first kappa shape index (κ1) is 15.6. The molecule has 24 heavy (non-hydrogen) atoms. The molecule has 0 aromatic heterocycles. The third kappa shape index (κ3) is 3.05. The van der Waals surface area contributed by atoms with Gasteiger partial charge in [0.25, 0.3) is 0 Å². The summed E-state index contributed by atoms with van der Waals surface area (Å²) in [5.41, 5.74) is 3.70. The molecule has 0 radical (unpaired) electrons. The van der Waals surface area contributed by atoms with E-state index in [9.17, 15) is 9.59 Å². The lowest BCUT2D eigenvalue weighted by molar-refractivity contribution is -0.126. The molecule has 4 rings (SSSR count). The molecule has 1 aliphatic carbocycles. The molecule has 5 heteroatoms. The number of hydrogen-bond donors (Lipinski definition) is 1. The van der Waals surface area contributed by atoms with E-state index in [0.29, 0.717) is 25.4 Å². The lowest BCUT2D eigenvalue weighted by atomic mass is 10.1. The number of anilines is 1. The van der Waals surface area contributed by atoms with Crippen molar-refractivity contribution in [1.82, 2.24) is 5.32 Å². The molecule has 2 atom stereocenters. The van der Waals surface area contributed by atoms with Crippen LogP contribution in [0.15, 0.2) is 18.2 Å². The number of fused-ring (bicyclic) bond motifs is 1. The Morgan fingerprint density at radius 1 is 1.29 bits per heavy atom. The van der Waals surface area contributed by atoms with Gasteiger partial charge in [-0.25, -0.2) is 0 Å². The minimum atomic E-state index is -0.243. The van der Waals surface area contributed by atoms with E-state index in [2.05, 4.69) is 17.4 Å². The lowest BCUT2D eigenvalue weighted by Crippen LogP contribution is -2.36. The Morgan fingerprint density at radius 3 is 3.00 bits per heavy atom. The minimum Gasteiger partial charge on any atom is -0.381 e. The van der Waals surface area contributed by atoms with Crippen LogP contribution in [0.1, 0.15) is 30.4 Å². The molecule has 3 aliphatic rings. The Kier molecular flexibility index (Phi) is 4.27. The highest BCUT2D eigenvalue weighted by atomic mass is 16.5. The number of nitrogens with one attached hydrogen (secondary N) is 1. The smallest absolute Gasteiger partial charge is 0.227 e. The summed E-state index contributed by atoms with van der Waals surface area (Å²) in [4.78, 5) is 26.5. The van der Waals surface area contributed by atoms with Crippen LogP contribution in [0.3, 0.4) is 0 Å². The van der Waals surface area contributed by atoms with Crippen LogP contribution in [0.25, 0.3) is 0 Å². The maximum atomic E-state index is 12.4. The van der Waals surface area contributed by atoms with Crippen molar-refractivity contribution in [2.75, 3.05) is 31.2 Å². The monoisotopic (exact) mass is 328 g/mol. The van der Waals surface area contributed by atoms with Crippen molar-refractivity contribution < 1.29 is 14.3 Å². The van der Waals surface area contributed by atoms with Crippen LogP contribution in [0.4, 0.5) is 5.69 Å². The van der Waals surface area contributed by atoms with Gasteiger partial charge in [0.05, 0.1) is 12.5 Å². The number of amides is 2. The molecule has 0 bridgehead atoms. The first-order chi connectivity index (χ1) is 11.7. The van der Waals surface area contributed by atoms with E-state index in [4.69, 9.17) is 4.74 Å². The zero-order valence-corrected chi connectivity index (χ0v) is 13.9. The molecule has 2 fully saturated rings. The van der Waals surface area contributed by atoms with E-state index in [1.54, 1.807) is 4.90 Å². The highest BCUT2D eigenvalue weighted by Gasteiger charge is 2.35. The summed E-state index contributed by atoms with van der Waals surface area (Å²) >= 11 is 0. The highest BCUT2D eigenvalue weighted by Crippen LogP contribution is 2.30. The Morgan fingerprint density at radius 2 is 2.17 bits per heavy atom. The van der Waals surface area contributed by atoms with Crippen LogP contribution < -0.4 is 10.2 Å². The molecular weight excluding hydrogens is 304 g/mol. The SMILES string of the molecule is O=C(NCC1CCOC1)C1CC(=O)N(c2ccc3c(c2)CCC3)C1. The molecule has 128 valence electrons. The molecule has 2 heterocycles. The van der Waals surface area contributed by atoms with Crippen LogP contribution in [-0.2, 0) is 27.2 Å². The number of hydrogen-bond acceptors (Lipinski definition) is 3. The van der Waals surface area contributed by atoms with Gasteiger partial charge >= 0.3 is 0 Å². The fourth-order valence-electron chi connectivity index (χ4n) is 3.99. The minimum absolute atomic E-state index is 0.00101. The van der Waals surface area contributed by atoms with Crippen LogP contribution in [0, 0.1) is 11.8 Å².